The normalized spacial score (nSPS) is 10.1. The van der Waals surface area contributed by atoms with Crippen molar-refractivity contribution in [1.82, 2.24) is 4.98 Å². The summed E-state index contributed by atoms with van der Waals surface area (Å²) in [6, 6.07) is 8.14. The maximum absolute atomic E-state index is 4.02. The maximum Gasteiger partial charge on any atom is 0.0794 e. The molecule has 0 unspecified atom stereocenters. The Labute approximate surface area is 95.1 Å². The summed E-state index contributed by atoms with van der Waals surface area (Å²) in [5, 5.41) is 3.32. The van der Waals surface area contributed by atoms with Gasteiger partial charge in [0.25, 0.3) is 0 Å². The lowest BCUT2D eigenvalue weighted by molar-refractivity contribution is 1.17. The Balaban J connectivity index is 1.95. The van der Waals surface area contributed by atoms with E-state index in [1.165, 1.54) is 4.88 Å². The molecule has 1 heterocycles. The van der Waals surface area contributed by atoms with Gasteiger partial charge in [-0.05, 0) is 24.3 Å². The lowest BCUT2D eigenvalue weighted by Gasteiger charge is -2.03. The molecule has 0 saturated carbocycles. The molecule has 0 atom stereocenters. The molecule has 2 aromatic rings. The number of hydrogen-bond donors (Lipinski definition) is 1. The Kier molecular flexibility index (Phi) is 3.16. The van der Waals surface area contributed by atoms with Crippen molar-refractivity contribution in [3.05, 3.63) is 45.3 Å². The molecule has 2 nitrogen and oxygen atoms in total. The minimum atomic E-state index is 0.840. The fourth-order valence-electron chi connectivity index (χ4n) is 1.09. The first kappa shape index (κ1) is 9.68. The summed E-state index contributed by atoms with van der Waals surface area (Å²) in [7, 11) is 0. The van der Waals surface area contributed by atoms with Gasteiger partial charge in [0.2, 0.25) is 0 Å². The SMILES string of the molecule is Brc1ccc(NCc2cncs2)cc1. The van der Waals surface area contributed by atoms with Crippen LogP contribution in [0.1, 0.15) is 4.88 Å². The summed E-state index contributed by atoms with van der Waals surface area (Å²) in [6.07, 6.45) is 1.89. The smallest absolute Gasteiger partial charge is 0.0794 e. The summed E-state index contributed by atoms with van der Waals surface area (Å²) in [4.78, 5) is 5.26. The van der Waals surface area contributed by atoms with Crippen LogP contribution in [0.2, 0.25) is 0 Å². The number of thiazole rings is 1. The molecule has 0 saturated heterocycles. The molecule has 0 radical (unpaired) electrons. The number of halogens is 1. The molecular formula is C10H9BrN2S. The van der Waals surface area contributed by atoms with Gasteiger partial charge in [-0.1, -0.05) is 15.9 Å². The Morgan fingerprint density at radius 3 is 2.71 bits per heavy atom. The van der Waals surface area contributed by atoms with Crippen molar-refractivity contribution in [3.63, 3.8) is 0 Å². The highest BCUT2D eigenvalue weighted by Crippen LogP contribution is 2.15. The zero-order chi connectivity index (χ0) is 9.80. The van der Waals surface area contributed by atoms with Crippen LogP contribution in [0.5, 0.6) is 0 Å². The van der Waals surface area contributed by atoms with Gasteiger partial charge in [-0.3, -0.25) is 4.98 Å². The van der Waals surface area contributed by atoms with Crippen molar-refractivity contribution in [2.75, 3.05) is 5.32 Å². The van der Waals surface area contributed by atoms with Gasteiger partial charge in [-0.2, -0.15) is 0 Å². The van der Waals surface area contributed by atoms with Crippen LogP contribution in [0.4, 0.5) is 5.69 Å². The third-order valence-corrected chi connectivity index (χ3v) is 3.10. The largest absolute Gasteiger partial charge is 0.380 e. The lowest BCUT2D eigenvalue weighted by atomic mass is 10.3. The predicted molar refractivity (Wildman–Crippen MR) is 63.6 cm³/mol. The summed E-state index contributed by atoms with van der Waals surface area (Å²) in [6.45, 7) is 0.840. The molecule has 14 heavy (non-hydrogen) atoms. The number of nitrogens with one attached hydrogen (secondary N) is 1. The van der Waals surface area contributed by atoms with Crippen molar-refractivity contribution in [1.29, 1.82) is 0 Å². The second kappa shape index (κ2) is 4.57. The highest BCUT2D eigenvalue weighted by molar-refractivity contribution is 9.10. The van der Waals surface area contributed by atoms with Gasteiger partial charge >= 0.3 is 0 Å². The molecule has 0 amide bonds. The van der Waals surface area contributed by atoms with Crippen molar-refractivity contribution in [3.8, 4) is 0 Å². The number of aromatic nitrogens is 1. The van der Waals surface area contributed by atoms with Gasteiger partial charge in [0.05, 0.1) is 12.1 Å². The predicted octanol–water partition coefficient (Wildman–Crippen LogP) is 3.52. The van der Waals surface area contributed by atoms with Crippen LogP contribution in [0.15, 0.2) is 40.4 Å². The summed E-state index contributed by atoms with van der Waals surface area (Å²) >= 11 is 5.06. The minimum absolute atomic E-state index is 0.840. The highest BCUT2D eigenvalue weighted by atomic mass is 79.9. The second-order valence-corrected chi connectivity index (χ2v) is 4.71. The average Bonchev–Trinajstić information content (AvgIpc) is 2.70. The first-order valence-electron chi connectivity index (χ1n) is 4.21. The molecule has 2 rings (SSSR count). The monoisotopic (exact) mass is 268 g/mol. The van der Waals surface area contributed by atoms with Gasteiger partial charge in [0, 0.05) is 21.2 Å². The first-order chi connectivity index (χ1) is 6.84. The topological polar surface area (TPSA) is 24.9 Å². The number of rotatable bonds is 3. The van der Waals surface area contributed by atoms with Crippen LogP contribution in [-0.4, -0.2) is 4.98 Å². The van der Waals surface area contributed by atoms with E-state index >= 15 is 0 Å². The Bertz CT molecular complexity index is 383. The van der Waals surface area contributed by atoms with E-state index in [0.29, 0.717) is 0 Å². The molecule has 1 aromatic carbocycles. The molecule has 0 aliphatic heterocycles. The van der Waals surface area contributed by atoms with E-state index in [-0.39, 0.29) is 0 Å². The summed E-state index contributed by atoms with van der Waals surface area (Å²) in [5.74, 6) is 0. The summed E-state index contributed by atoms with van der Waals surface area (Å²) < 4.78 is 1.10. The van der Waals surface area contributed by atoms with Crippen molar-refractivity contribution >= 4 is 33.0 Å². The van der Waals surface area contributed by atoms with Crippen LogP contribution in [0.25, 0.3) is 0 Å². The Hall–Kier alpha value is -0.870. The van der Waals surface area contributed by atoms with Gasteiger partial charge < -0.3 is 5.32 Å². The molecule has 0 spiro atoms. The minimum Gasteiger partial charge on any atom is -0.380 e. The van der Waals surface area contributed by atoms with E-state index in [1.54, 1.807) is 11.3 Å². The van der Waals surface area contributed by atoms with E-state index in [9.17, 15) is 0 Å². The van der Waals surface area contributed by atoms with E-state index in [2.05, 4.69) is 26.2 Å². The number of benzene rings is 1. The van der Waals surface area contributed by atoms with Crippen LogP contribution < -0.4 is 5.32 Å². The van der Waals surface area contributed by atoms with Gasteiger partial charge in [0.15, 0.2) is 0 Å². The van der Waals surface area contributed by atoms with E-state index in [1.807, 2.05) is 36.0 Å². The van der Waals surface area contributed by atoms with Crippen molar-refractivity contribution in [2.45, 2.75) is 6.54 Å². The average molecular weight is 269 g/mol. The zero-order valence-electron chi connectivity index (χ0n) is 7.40. The molecule has 72 valence electrons. The fourth-order valence-corrected chi connectivity index (χ4v) is 1.89. The maximum atomic E-state index is 4.02. The van der Waals surface area contributed by atoms with E-state index in [4.69, 9.17) is 0 Å². The Morgan fingerprint density at radius 1 is 1.29 bits per heavy atom. The quantitative estimate of drug-likeness (QED) is 0.922. The third kappa shape index (κ3) is 2.56. The fraction of sp³-hybridized carbons (Fsp3) is 0.100. The van der Waals surface area contributed by atoms with E-state index < -0.39 is 0 Å². The van der Waals surface area contributed by atoms with Crippen LogP contribution in [0.3, 0.4) is 0 Å². The number of nitrogens with zero attached hydrogens (tertiary/aromatic N) is 1. The third-order valence-electron chi connectivity index (χ3n) is 1.79. The second-order valence-electron chi connectivity index (χ2n) is 2.83. The van der Waals surface area contributed by atoms with Gasteiger partial charge in [0.1, 0.15) is 0 Å². The molecule has 0 fully saturated rings. The zero-order valence-corrected chi connectivity index (χ0v) is 9.81. The van der Waals surface area contributed by atoms with Gasteiger partial charge in [-0.15, -0.1) is 11.3 Å². The molecule has 1 aromatic heterocycles. The Morgan fingerprint density at radius 2 is 2.07 bits per heavy atom. The van der Waals surface area contributed by atoms with Crippen LogP contribution in [-0.2, 0) is 6.54 Å². The van der Waals surface area contributed by atoms with Crippen LogP contribution in [0, 0.1) is 0 Å². The molecule has 0 aliphatic carbocycles. The first-order valence-corrected chi connectivity index (χ1v) is 5.89. The lowest BCUT2D eigenvalue weighted by Crippen LogP contribution is -1.96. The van der Waals surface area contributed by atoms with Crippen molar-refractivity contribution < 1.29 is 0 Å². The standard InChI is InChI=1S/C10H9BrN2S/c11-8-1-3-9(4-2-8)13-6-10-5-12-7-14-10/h1-5,7,13H,6H2. The molecule has 4 heteroatoms. The van der Waals surface area contributed by atoms with Crippen LogP contribution >= 0.6 is 27.3 Å². The molecular weight excluding hydrogens is 260 g/mol. The molecule has 0 aliphatic rings. The molecule has 0 bridgehead atoms. The summed E-state index contributed by atoms with van der Waals surface area (Å²) in [5.41, 5.74) is 2.97. The molecule has 1 N–H and O–H groups in total. The number of anilines is 1. The van der Waals surface area contributed by atoms with E-state index in [0.717, 1.165) is 16.7 Å². The highest BCUT2D eigenvalue weighted by Gasteiger charge is 1.94. The number of hydrogen-bond acceptors (Lipinski definition) is 3. The van der Waals surface area contributed by atoms with Crippen molar-refractivity contribution in [2.24, 2.45) is 0 Å². The van der Waals surface area contributed by atoms with Gasteiger partial charge in [-0.25, -0.2) is 0 Å².